The van der Waals surface area contributed by atoms with Crippen LogP contribution in [0.3, 0.4) is 0 Å². The summed E-state index contributed by atoms with van der Waals surface area (Å²) < 4.78 is 78.0. The molecule has 2 aromatic rings. The number of hydrogen-bond donors (Lipinski definition) is 6. The highest BCUT2D eigenvalue weighted by Crippen LogP contribution is 2.71. The lowest BCUT2D eigenvalue weighted by molar-refractivity contribution is -0.219. The van der Waals surface area contributed by atoms with Gasteiger partial charge in [-0.1, -0.05) is 74.0 Å². The lowest BCUT2D eigenvalue weighted by Gasteiger charge is -2.62. The highest BCUT2D eigenvalue weighted by Gasteiger charge is 2.75. The van der Waals surface area contributed by atoms with Crippen LogP contribution in [-0.2, 0) is 45.7 Å². The molecule has 3 saturated carbocycles. The Balaban J connectivity index is 0.900. The average molecular weight is 898 g/mol. The topological polar surface area (TPSA) is 262 Å². The Hall–Kier alpha value is -3.21. The fraction of sp³-hybridized carbons (Fsp3) is 0.513. The Kier molecular flexibility index (Phi) is 11.8. The van der Waals surface area contributed by atoms with Crippen molar-refractivity contribution in [2.75, 3.05) is 26.4 Å². The number of aliphatic hydroxyl groups is 2. The monoisotopic (exact) mass is 897 g/mol. The Morgan fingerprint density at radius 2 is 1.52 bits per heavy atom. The van der Waals surface area contributed by atoms with Crippen molar-refractivity contribution in [3.8, 4) is 11.1 Å². The molecule has 0 saturated heterocycles. The molecular formula is C39H47FNO16P3. The third kappa shape index (κ3) is 7.67. The van der Waals surface area contributed by atoms with Crippen molar-refractivity contribution in [1.29, 1.82) is 0 Å². The first-order valence-electron chi connectivity index (χ1n) is 19.3. The van der Waals surface area contributed by atoms with Crippen LogP contribution in [-0.4, -0.2) is 86.3 Å². The quantitative estimate of drug-likeness (QED) is 0.0965. The molecule has 1 amide bonds. The van der Waals surface area contributed by atoms with Crippen LogP contribution in [0.4, 0.5) is 9.18 Å². The number of carbonyl (C=O) groups is 3. The van der Waals surface area contributed by atoms with Crippen molar-refractivity contribution in [1.82, 2.24) is 5.32 Å². The van der Waals surface area contributed by atoms with Crippen LogP contribution in [0.25, 0.3) is 11.1 Å². The molecule has 60 heavy (non-hydrogen) atoms. The van der Waals surface area contributed by atoms with Crippen molar-refractivity contribution < 1.29 is 79.8 Å². The van der Waals surface area contributed by atoms with Gasteiger partial charge in [0.15, 0.2) is 17.2 Å². The standard InChI is InChI=1S/C39H47FNO16P3/c1-23-18-32-31-13-12-24-19-25(42)14-15-36(24,2)38(31,40)33(43)20-37(32,3)39(23,46)34(44)22-55-59(49,50)57-60(51,52)56-58(47,48)54-17-16-41-35(45)53-21-30-28-10-6-4-8-26(28)27-9-5-7-11-29(27)30/h4-11,14-15,19,23,30-33,43,46H,12-13,16-18,20-22H2,1-3H3,(H,41,45)(H,47,48)(H,49,50)(H,51,52)/t23-,31+,32+,33+,36+,37+,38+,39+/m1/s1. The van der Waals surface area contributed by atoms with Gasteiger partial charge in [0.2, 0.25) is 0 Å². The van der Waals surface area contributed by atoms with Crippen LogP contribution < -0.4 is 5.32 Å². The number of halogens is 1. The maximum absolute atomic E-state index is 17.4. The number of benzene rings is 2. The molecule has 11 atom stereocenters. The van der Waals surface area contributed by atoms with E-state index >= 15 is 4.39 Å². The summed E-state index contributed by atoms with van der Waals surface area (Å²) in [7, 11) is -17.2. The first kappa shape index (κ1) is 44.8. The zero-order chi connectivity index (χ0) is 43.7. The smallest absolute Gasteiger partial charge is 0.449 e. The van der Waals surface area contributed by atoms with Gasteiger partial charge >= 0.3 is 29.6 Å². The lowest BCUT2D eigenvalue weighted by Crippen LogP contribution is -2.69. The number of allylic oxidation sites excluding steroid dienone is 4. The van der Waals surface area contributed by atoms with Gasteiger partial charge in [-0.3, -0.25) is 18.6 Å². The van der Waals surface area contributed by atoms with E-state index in [1.807, 2.05) is 48.5 Å². The number of aliphatic hydroxyl groups excluding tert-OH is 1. The molecule has 2 aromatic carbocycles. The van der Waals surface area contributed by atoms with Crippen molar-refractivity contribution in [3.63, 3.8) is 0 Å². The maximum Gasteiger partial charge on any atom is 0.490 e. The first-order chi connectivity index (χ1) is 28.0. The first-order valence-corrected chi connectivity index (χ1v) is 23.8. The molecule has 0 radical (unpaired) electrons. The largest absolute Gasteiger partial charge is 0.490 e. The normalized spacial score (nSPS) is 34.7. The van der Waals surface area contributed by atoms with E-state index < -0.39 is 107 Å². The minimum Gasteiger partial charge on any atom is -0.449 e. The Bertz CT molecular complexity index is 2260. The van der Waals surface area contributed by atoms with E-state index in [9.17, 15) is 53.0 Å². The minimum atomic E-state index is -5.95. The summed E-state index contributed by atoms with van der Waals surface area (Å²) in [4.78, 5) is 68.6. The third-order valence-electron chi connectivity index (χ3n) is 13.4. The number of fused-ring (bicyclic) bond motifs is 8. The molecule has 0 heterocycles. The Morgan fingerprint density at radius 3 is 2.15 bits per heavy atom. The SMILES string of the molecule is C[C@@H]1C[C@H]2[C@@H]3CCC4=CC(=O)C=C[C@]4(C)[C@@]3(F)[C@@H](O)C[C@]2(C)[C@@]1(O)C(=O)COP(=O)(O)OP(=O)(O)OP(=O)(O)OCCNC(=O)OCC1c2ccccc2-c2ccccc21. The molecule has 326 valence electrons. The summed E-state index contributed by atoms with van der Waals surface area (Å²) in [5.74, 6) is -4.11. The van der Waals surface area contributed by atoms with Crippen LogP contribution in [0.2, 0.25) is 0 Å². The molecule has 3 fully saturated rings. The molecule has 0 aliphatic heterocycles. The fourth-order valence-electron chi connectivity index (χ4n) is 10.7. The van der Waals surface area contributed by atoms with Gasteiger partial charge in [-0.25, -0.2) is 22.9 Å². The zero-order valence-corrected chi connectivity index (χ0v) is 35.5. The number of nitrogens with one attached hydrogen (secondary N) is 1. The van der Waals surface area contributed by atoms with Crippen molar-refractivity contribution >= 4 is 41.1 Å². The zero-order valence-electron chi connectivity index (χ0n) is 32.8. The predicted octanol–water partition coefficient (Wildman–Crippen LogP) is 5.81. The molecule has 21 heteroatoms. The van der Waals surface area contributed by atoms with E-state index in [2.05, 4.69) is 23.0 Å². The van der Waals surface area contributed by atoms with Gasteiger partial charge in [0, 0.05) is 29.2 Å². The molecule has 7 rings (SSSR count). The second-order valence-electron chi connectivity index (χ2n) is 16.5. The molecule has 5 aliphatic rings. The highest BCUT2D eigenvalue weighted by atomic mass is 31.3. The maximum atomic E-state index is 17.4. The van der Waals surface area contributed by atoms with E-state index in [1.165, 1.54) is 32.1 Å². The van der Waals surface area contributed by atoms with Crippen LogP contribution in [0.1, 0.15) is 63.5 Å². The van der Waals surface area contributed by atoms with Crippen LogP contribution in [0.5, 0.6) is 0 Å². The number of ketones is 2. The summed E-state index contributed by atoms with van der Waals surface area (Å²) in [6.45, 7) is 2.06. The van der Waals surface area contributed by atoms with Crippen LogP contribution in [0, 0.1) is 28.6 Å². The summed E-state index contributed by atoms with van der Waals surface area (Å²) in [6, 6.07) is 15.3. The van der Waals surface area contributed by atoms with Gasteiger partial charge in [-0.15, -0.1) is 0 Å². The van der Waals surface area contributed by atoms with Gasteiger partial charge in [0.25, 0.3) is 0 Å². The third-order valence-corrected chi connectivity index (χ3v) is 17.7. The summed E-state index contributed by atoms with van der Waals surface area (Å²) in [5, 5.41) is 25.9. The average Bonchev–Trinajstić information content (AvgIpc) is 3.59. The van der Waals surface area contributed by atoms with Gasteiger partial charge in [-0.2, -0.15) is 8.62 Å². The summed E-state index contributed by atoms with van der Waals surface area (Å²) in [5.41, 5.74) is -2.89. The predicted molar refractivity (Wildman–Crippen MR) is 209 cm³/mol. The van der Waals surface area contributed by atoms with Crippen molar-refractivity contribution in [3.05, 3.63) is 83.5 Å². The lowest BCUT2D eigenvalue weighted by atomic mass is 9.44. The Labute approximate surface area is 344 Å². The number of hydrogen-bond acceptors (Lipinski definition) is 13. The molecular weight excluding hydrogens is 850 g/mol. The van der Waals surface area contributed by atoms with E-state index in [0.29, 0.717) is 12.0 Å². The number of alkyl halides is 1. The molecule has 3 unspecified atom stereocenters. The number of amides is 1. The number of ether oxygens (including phenoxy) is 1. The van der Waals surface area contributed by atoms with Crippen molar-refractivity contribution in [2.24, 2.45) is 28.6 Å². The van der Waals surface area contributed by atoms with E-state index in [0.717, 1.165) is 22.3 Å². The molecule has 17 nitrogen and oxygen atoms in total. The van der Waals surface area contributed by atoms with Crippen molar-refractivity contribution in [2.45, 2.75) is 69.7 Å². The van der Waals surface area contributed by atoms with E-state index in [1.54, 1.807) is 6.92 Å². The Morgan fingerprint density at radius 1 is 0.917 bits per heavy atom. The molecule has 0 bridgehead atoms. The second kappa shape index (κ2) is 15.9. The van der Waals surface area contributed by atoms with Gasteiger partial charge < -0.3 is 34.9 Å². The van der Waals surface area contributed by atoms with Gasteiger partial charge in [0.05, 0.1) is 12.7 Å². The number of rotatable bonds is 14. The molecule has 6 N–H and O–H groups in total. The number of Topliss-reactive ketones (excluding diaryl/α,β-unsaturated/α-hetero) is 1. The van der Waals surface area contributed by atoms with E-state index in [-0.39, 0.29) is 31.1 Å². The number of phosphoric acid groups is 3. The fourth-order valence-corrected chi connectivity index (χ4v) is 14.1. The minimum absolute atomic E-state index is 0.0230. The van der Waals surface area contributed by atoms with Gasteiger partial charge in [0.1, 0.15) is 18.8 Å². The second-order valence-corrected chi connectivity index (χ2v) is 21.2. The summed E-state index contributed by atoms with van der Waals surface area (Å²) >= 11 is 0. The molecule has 5 aliphatic carbocycles. The number of phosphoric ester groups is 2. The molecule has 0 aromatic heterocycles. The number of alkyl carbamates (subject to hydrolysis) is 1. The number of carbonyl (C=O) groups excluding carboxylic acids is 3. The van der Waals surface area contributed by atoms with Gasteiger partial charge in [-0.05, 0) is 78.8 Å². The van der Waals surface area contributed by atoms with Crippen LogP contribution >= 0.6 is 23.5 Å². The summed E-state index contributed by atoms with van der Waals surface area (Å²) in [6.07, 6.45) is 1.77. The molecule has 0 spiro atoms. The highest BCUT2D eigenvalue weighted by molar-refractivity contribution is 7.66. The van der Waals surface area contributed by atoms with Crippen LogP contribution in [0.15, 0.2) is 72.3 Å². The van der Waals surface area contributed by atoms with E-state index in [4.69, 9.17) is 4.74 Å².